The van der Waals surface area contributed by atoms with Gasteiger partial charge in [-0.1, -0.05) is 40.2 Å². The summed E-state index contributed by atoms with van der Waals surface area (Å²) in [6.45, 7) is 5.47. The second-order valence-electron chi connectivity index (χ2n) is 4.12. The van der Waals surface area contributed by atoms with E-state index in [0.29, 0.717) is 0 Å². The zero-order valence-corrected chi connectivity index (χ0v) is 12.2. The highest BCUT2D eigenvalue weighted by molar-refractivity contribution is 9.10. The van der Waals surface area contributed by atoms with Gasteiger partial charge in [-0.2, -0.15) is 0 Å². The second kappa shape index (κ2) is 5.53. The summed E-state index contributed by atoms with van der Waals surface area (Å²) >= 11 is 3.54. The molecule has 0 aromatic heterocycles. The van der Waals surface area contributed by atoms with Crippen molar-refractivity contribution in [1.29, 1.82) is 0 Å². The minimum Gasteiger partial charge on any atom is -0.339 e. The van der Waals surface area contributed by atoms with Crippen LogP contribution < -0.4 is 0 Å². The Morgan fingerprint density at radius 1 is 1.11 bits per heavy atom. The molecule has 0 heterocycles. The average Bonchev–Trinajstić information content (AvgIpc) is 2.39. The minimum atomic E-state index is 0.0949. The van der Waals surface area contributed by atoms with Crippen LogP contribution in [0.3, 0.4) is 0 Å². The van der Waals surface area contributed by atoms with Crippen LogP contribution in [0.15, 0.2) is 40.9 Å². The highest BCUT2D eigenvalue weighted by Crippen LogP contribution is 2.28. The Hall–Kier alpha value is -1.35. The molecular weight excluding hydrogens is 290 g/mol. The molecule has 2 aromatic rings. The average molecular weight is 306 g/mol. The van der Waals surface area contributed by atoms with Gasteiger partial charge in [-0.25, -0.2) is 0 Å². The Morgan fingerprint density at radius 3 is 2.33 bits per heavy atom. The van der Waals surface area contributed by atoms with Gasteiger partial charge in [0.05, 0.1) is 0 Å². The van der Waals surface area contributed by atoms with Gasteiger partial charge in [0.25, 0.3) is 5.91 Å². The van der Waals surface area contributed by atoms with E-state index in [4.69, 9.17) is 0 Å². The van der Waals surface area contributed by atoms with Crippen LogP contribution >= 0.6 is 15.9 Å². The van der Waals surface area contributed by atoms with E-state index in [0.717, 1.165) is 33.9 Å². The van der Waals surface area contributed by atoms with E-state index in [1.54, 1.807) is 0 Å². The predicted octanol–water partition coefficient (Wildman–Crippen LogP) is 4.08. The molecule has 0 saturated carbocycles. The summed E-state index contributed by atoms with van der Waals surface area (Å²) in [6.07, 6.45) is 0. The zero-order chi connectivity index (χ0) is 13.1. The molecular formula is C15H16BrNO. The number of amides is 1. The molecule has 0 aliphatic heterocycles. The Morgan fingerprint density at radius 2 is 1.72 bits per heavy atom. The molecule has 0 aliphatic rings. The van der Waals surface area contributed by atoms with Crippen molar-refractivity contribution in [2.24, 2.45) is 0 Å². The summed E-state index contributed by atoms with van der Waals surface area (Å²) in [7, 11) is 0. The molecule has 0 radical (unpaired) electrons. The van der Waals surface area contributed by atoms with E-state index in [-0.39, 0.29) is 5.91 Å². The van der Waals surface area contributed by atoms with Gasteiger partial charge >= 0.3 is 0 Å². The van der Waals surface area contributed by atoms with Gasteiger partial charge in [0, 0.05) is 28.5 Å². The van der Waals surface area contributed by atoms with Gasteiger partial charge in [0.1, 0.15) is 0 Å². The third kappa shape index (κ3) is 2.27. The lowest BCUT2D eigenvalue weighted by Crippen LogP contribution is -2.30. The molecule has 18 heavy (non-hydrogen) atoms. The van der Waals surface area contributed by atoms with Crippen LogP contribution in [-0.4, -0.2) is 23.9 Å². The van der Waals surface area contributed by atoms with Gasteiger partial charge in [0.2, 0.25) is 0 Å². The Labute approximate surface area is 116 Å². The number of rotatable bonds is 3. The number of halogens is 1. The standard InChI is InChI=1S/C15H16BrNO/c1-3-17(4-2)15(18)12-9-5-7-11-8-6-10-13(16)14(11)12/h5-10H,3-4H2,1-2H3. The molecule has 0 N–H and O–H groups in total. The van der Waals surface area contributed by atoms with Gasteiger partial charge < -0.3 is 4.90 Å². The smallest absolute Gasteiger partial charge is 0.254 e. The molecule has 0 spiro atoms. The van der Waals surface area contributed by atoms with Gasteiger partial charge in [0.15, 0.2) is 0 Å². The van der Waals surface area contributed by atoms with Crippen molar-refractivity contribution < 1.29 is 4.79 Å². The molecule has 3 heteroatoms. The highest BCUT2D eigenvalue weighted by Gasteiger charge is 2.16. The SMILES string of the molecule is CCN(CC)C(=O)c1cccc2cccc(Br)c12. The molecule has 0 atom stereocenters. The van der Waals surface area contributed by atoms with Gasteiger partial charge in [-0.15, -0.1) is 0 Å². The number of hydrogen-bond acceptors (Lipinski definition) is 1. The number of benzene rings is 2. The topological polar surface area (TPSA) is 20.3 Å². The first-order valence-electron chi connectivity index (χ1n) is 6.15. The Balaban J connectivity index is 2.61. The second-order valence-corrected chi connectivity index (χ2v) is 4.98. The maximum Gasteiger partial charge on any atom is 0.254 e. The van der Waals surface area contributed by atoms with Gasteiger partial charge in [-0.3, -0.25) is 4.79 Å². The summed E-state index contributed by atoms with van der Waals surface area (Å²) < 4.78 is 0.969. The fourth-order valence-electron chi connectivity index (χ4n) is 2.15. The fraction of sp³-hybridized carbons (Fsp3) is 0.267. The van der Waals surface area contributed by atoms with Crippen LogP contribution in [0, 0.1) is 0 Å². The largest absolute Gasteiger partial charge is 0.339 e. The van der Waals surface area contributed by atoms with Crippen molar-refractivity contribution in [2.75, 3.05) is 13.1 Å². The summed E-state index contributed by atoms with van der Waals surface area (Å²) in [5, 5.41) is 2.08. The first kappa shape index (κ1) is 13.1. The van der Waals surface area contributed by atoms with Crippen molar-refractivity contribution in [3.05, 3.63) is 46.4 Å². The summed E-state index contributed by atoms with van der Waals surface area (Å²) in [5.41, 5.74) is 0.767. The molecule has 2 aromatic carbocycles. The Bertz CT molecular complexity index is 570. The molecule has 0 aliphatic carbocycles. The van der Waals surface area contributed by atoms with E-state index in [2.05, 4.69) is 15.9 Å². The summed E-state index contributed by atoms with van der Waals surface area (Å²) in [5.74, 6) is 0.0949. The van der Waals surface area contributed by atoms with Crippen molar-refractivity contribution in [3.8, 4) is 0 Å². The first-order chi connectivity index (χ1) is 8.69. The zero-order valence-electron chi connectivity index (χ0n) is 10.6. The maximum absolute atomic E-state index is 12.5. The molecule has 2 rings (SSSR count). The highest BCUT2D eigenvalue weighted by atomic mass is 79.9. The predicted molar refractivity (Wildman–Crippen MR) is 78.9 cm³/mol. The van der Waals surface area contributed by atoms with E-state index in [9.17, 15) is 4.79 Å². The maximum atomic E-state index is 12.5. The van der Waals surface area contributed by atoms with Crippen molar-refractivity contribution in [1.82, 2.24) is 4.90 Å². The van der Waals surface area contributed by atoms with Crippen LogP contribution in [0.5, 0.6) is 0 Å². The third-order valence-corrected chi connectivity index (χ3v) is 3.80. The van der Waals surface area contributed by atoms with Crippen molar-refractivity contribution >= 4 is 32.6 Å². The molecule has 0 bridgehead atoms. The van der Waals surface area contributed by atoms with Gasteiger partial charge in [-0.05, 0) is 31.4 Å². The number of hydrogen-bond donors (Lipinski definition) is 0. The number of carbonyl (C=O) groups is 1. The van der Waals surface area contributed by atoms with Crippen LogP contribution in [-0.2, 0) is 0 Å². The summed E-state index contributed by atoms with van der Waals surface area (Å²) in [4.78, 5) is 14.3. The van der Waals surface area contributed by atoms with Crippen molar-refractivity contribution in [3.63, 3.8) is 0 Å². The van der Waals surface area contributed by atoms with E-state index in [1.807, 2.05) is 55.1 Å². The fourth-order valence-corrected chi connectivity index (χ4v) is 2.75. The Kier molecular flexibility index (Phi) is 4.02. The number of nitrogens with zero attached hydrogens (tertiary/aromatic N) is 1. The molecule has 1 amide bonds. The molecule has 0 unspecified atom stereocenters. The monoisotopic (exact) mass is 305 g/mol. The van der Waals surface area contributed by atoms with Crippen LogP contribution in [0.4, 0.5) is 0 Å². The van der Waals surface area contributed by atoms with Crippen LogP contribution in [0.2, 0.25) is 0 Å². The quantitative estimate of drug-likeness (QED) is 0.836. The normalized spacial score (nSPS) is 10.6. The lowest BCUT2D eigenvalue weighted by molar-refractivity contribution is 0.0775. The molecule has 94 valence electrons. The lowest BCUT2D eigenvalue weighted by atomic mass is 10.0. The van der Waals surface area contributed by atoms with E-state index in [1.165, 1.54) is 0 Å². The number of fused-ring (bicyclic) bond motifs is 1. The molecule has 0 saturated heterocycles. The third-order valence-electron chi connectivity index (χ3n) is 3.13. The van der Waals surface area contributed by atoms with E-state index < -0.39 is 0 Å². The van der Waals surface area contributed by atoms with Crippen LogP contribution in [0.1, 0.15) is 24.2 Å². The van der Waals surface area contributed by atoms with Crippen molar-refractivity contribution in [2.45, 2.75) is 13.8 Å². The first-order valence-corrected chi connectivity index (χ1v) is 6.94. The number of carbonyl (C=O) groups excluding carboxylic acids is 1. The molecule has 0 fully saturated rings. The molecule has 2 nitrogen and oxygen atoms in total. The lowest BCUT2D eigenvalue weighted by Gasteiger charge is -2.20. The van der Waals surface area contributed by atoms with E-state index >= 15 is 0 Å². The minimum absolute atomic E-state index is 0.0949. The van der Waals surface area contributed by atoms with Crippen LogP contribution in [0.25, 0.3) is 10.8 Å². The summed E-state index contributed by atoms with van der Waals surface area (Å²) in [6, 6.07) is 11.8.